The molecule has 0 aliphatic heterocycles. The van der Waals surface area contributed by atoms with E-state index in [0.29, 0.717) is 12.1 Å². The van der Waals surface area contributed by atoms with Gasteiger partial charge in [0.15, 0.2) is 0 Å². The van der Waals surface area contributed by atoms with Crippen LogP contribution in [0.1, 0.15) is 30.8 Å². The van der Waals surface area contributed by atoms with Crippen molar-refractivity contribution in [2.24, 2.45) is 7.05 Å². The average molecular weight is 289 g/mol. The lowest BCUT2D eigenvalue weighted by Crippen LogP contribution is -2.35. The first-order chi connectivity index (χ1) is 7.40. The van der Waals surface area contributed by atoms with Crippen molar-refractivity contribution in [1.29, 1.82) is 0 Å². The number of nitrogens with zero attached hydrogens (tertiary/aromatic N) is 1. The molecule has 0 bridgehead atoms. The highest BCUT2D eigenvalue weighted by Gasteiger charge is 2.14. The number of aromatic nitrogens is 1. The number of amides is 1. The SMILES string of the molecule is CC(O)CC(C)NC(=O)c1cc(Br)cn1C. The second-order valence-corrected chi connectivity index (χ2v) is 5.03. The Morgan fingerprint density at radius 2 is 2.25 bits per heavy atom. The molecule has 0 saturated heterocycles. The molecule has 0 aliphatic rings. The minimum atomic E-state index is -0.407. The Kier molecular flexibility index (Phi) is 4.56. The fourth-order valence-electron chi connectivity index (χ4n) is 1.62. The smallest absolute Gasteiger partial charge is 0.268 e. The minimum Gasteiger partial charge on any atom is -0.393 e. The second kappa shape index (κ2) is 5.50. The number of hydrogen-bond acceptors (Lipinski definition) is 2. The predicted molar refractivity (Wildman–Crippen MR) is 66.3 cm³/mol. The fraction of sp³-hybridized carbons (Fsp3) is 0.545. The molecule has 2 unspecified atom stereocenters. The van der Waals surface area contributed by atoms with Crippen LogP contribution in [0.25, 0.3) is 0 Å². The lowest BCUT2D eigenvalue weighted by molar-refractivity contribution is 0.0915. The van der Waals surface area contributed by atoms with E-state index in [9.17, 15) is 9.90 Å². The molecule has 0 fully saturated rings. The van der Waals surface area contributed by atoms with Gasteiger partial charge in [-0.25, -0.2) is 0 Å². The van der Waals surface area contributed by atoms with Crippen LogP contribution >= 0.6 is 15.9 Å². The fourth-order valence-corrected chi connectivity index (χ4v) is 2.14. The monoisotopic (exact) mass is 288 g/mol. The molecule has 0 aromatic carbocycles. The lowest BCUT2D eigenvalue weighted by atomic mass is 10.1. The first-order valence-corrected chi connectivity index (χ1v) is 6.00. The van der Waals surface area contributed by atoms with E-state index in [1.54, 1.807) is 17.6 Å². The van der Waals surface area contributed by atoms with Crippen molar-refractivity contribution in [1.82, 2.24) is 9.88 Å². The normalized spacial score (nSPS) is 14.6. The van der Waals surface area contributed by atoms with Crippen molar-refractivity contribution in [2.45, 2.75) is 32.4 Å². The molecule has 4 nitrogen and oxygen atoms in total. The van der Waals surface area contributed by atoms with E-state index in [1.165, 1.54) is 0 Å². The van der Waals surface area contributed by atoms with Gasteiger partial charge in [-0.05, 0) is 42.3 Å². The van der Waals surface area contributed by atoms with Gasteiger partial charge in [-0.3, -0.25) is 4.79 Å². The van der Waals surface area contributed by atoms with Gasteiger partial charge in [-0.1, -0.05) is 0 Å². The van der Waals surface area contributed by atoms with Gasteiger partial charge in [-0.2, -0.15) is 0 Å². The highest BCUT2D eigenvalue weighted by Crippen LogP contribution is 2.13. The highest BCUT2D eigenvalue weighted by molar-refractivity contribution is 9.10. The van der Waals surface area contributed by atoms with Gasteiger partial charge in [0.2, 0.25) is 0 Å². The van der Waals surface area contributed by atoms with Crippen LogP contribution in [0.2, 0.25) is 0 Å². The molecular formula is C11H17BrN2O2. The van der Waals surface area contributed by atoms with Crippen LogP contribution in [0.3, 0.4) is 0 Å². The summed E-state index contributed by atoms with van der Waals surface area (Å²) < 4.78 is 2.64. The maximum Gasteiger partial charge on any atom is 0.268 e. The molecule has 1 amide bonds. The Morgan fingerprint density at radius 3 is 2.69 bits per heavy atom. The first-order valence-electron chi connectivity index (χ1n) is 5.21. The average Bonchev–Trinajstić information content (AvgIpc) is 2.43. The zero-order chi connectivity index (χ0) is 12.3. The number of rotatable bonds is 4. The van der Waals surface area contributed by atoms with Gasteiger partial charge >= 0.3 is 0 Å². The minimum absolute atomic E-state index is 0.0406. The maximum absolute atomic E-state index is 11.8. The summed E-state index contributed by atoms with van der Waals surface area (Å²) >= 11 is 3.32. The van der Waals surface area contributed by atoms with E-state index < -0.39 is 6.10 Å². The summed E-state index contributed by atoms with van der Waals surface area (Å²) in [6, 6.07) is 1.73. The number of nitrogens with one attached hydrogen (secondary N) is 1. The van der Waals surface area contributed by atoms with E-state index in [4.69, 9.17) is 0 Å². The van der Waals surface area contributed by atoms with Crippen molar-refractivity contribution < 1.29 is 9.90 Å². The molecule has 1 rings (SSSR count). The molecule has 1 aromatic rings. The van der Waals surface area contributed by atoms with Crippen molar-refractivity contribution in [3.8, 4) is 0 Å². The predicted octanol–water partition coefficient (Wildman–Crippen LogP) is 1.68. The van der Waals surface area contributed by atoms with Gasteiger partial charge in [-0.15, -0.1) is 0 Å². The number of carbonyl (C=O) groups excluding carboxylic acids is 1. The quantitative estimate of drug-likeness (QED) is 0.886. The molecule has 16 heavy (non-hydrogen) atoms. The molecule has 90 valence electrons. The Morgan fingerprint density at radius 1 is 1.62 bits per heavy atom. The summed E-state index contributed by atoms with van der Waals surface area (Å²) in [7, 11) is 1.82. The summed E-state index contributed by atoms with van der Waals surface area (Å²) in [5.41, 5.74) is 0.601. The Bertz CT molecular complexity index is 374. The van der Waals surface area contributed by atoms with Crippen molar-refractivity contribution in [2.75, 3.05) is 0 Å². The van der Waals surface area contributed by atoms with E-state index >= 15 is 0 Å². The zero-order valence-electron chi connectivity index (χ0n) is 9.70. The molecular weight excluding hydrogens is 272 g/mol. The summed E-state index contributed by atoms with van der Waals surface area (Å²) in [6.07, 6.45) is 1.97. The van der Waals surface area contributed by atoms with Crippen LogP contribution in [0, 0.1) is 0 Å². The Balaban J connectivity index is 2.62. The third-order valence-corrected chi connectivity index (χ3v) is 2.71. The lowest BCUT2D eigenvalue weighted by Gasteiger charge is -2.15. The molecule has 0 radical (unpaired) electrons. The number of halogens is 1. The second-order valence-electron chi connectivity index (χ2n) is 4.11. The van der Waals surface area contributed by atoms with Gasteiger partial charge < -0.3 is 15.0 Å². The summed E-state index contributed by atoms with van der Waals surface area (Å²) in [5, 5.41) is 12.0. The van der Waals surface area contributed by atoms with Crippen LogP contribution in [0.15, 0.2) is 16.7 Å². The highest BCUT2D eigenvalue weighted by atomic mass is 79.9. The molecule has 1 aromatic heterocycles. The number of aliphatic hydroxyl groups excluding tert-OH is 1. The van der Waals surface area contributed by atoms with Crippen molar-refractivity contribution in [3.05, 3.63) is 22.4 Å². The largest absolute Gasteiger partial charge is 0.393 e. The first kappa shape index (κ1) is 13.3. The third-order valence-electron chi connectivity index (χ3n) is 2.28. The standard InChI is InChI=1S/C11H17BrN2O2/c1-7(4-8(2)15)13-11(16)10-5-9(12)6-14(10)3/h5-8,15H,4H2,1-3H3,(H,13,16). The third kappa shape index (κ3) is 3.64. The molecule has 0 spiro atoms. The van der Waals surface area contributed by atoms with Gasteiger partial charge in [0, 0.05) is 23.8 Å². The van der Waals surface area contributed by atoms with Crippen LogP contribution in [-0.4, -0.2) is 27.7 Å². The molecule has 0 aliphatic carbocycles. The molecule has 1 heterocycles. The molecule has 5 heteroatoms. The Hall–Kier alpha value is -0.810. The number of carbonyl (C=O) groups is 1. The van der Waals surface area contributed by atoms with Crippen molar-refractivity contribution >= 4 is 21.8 Å². The van der Waals surface area contributed by atoms with Gasteiger partial charge in [0.25, 0.3) is 5.91 Å². The van der Waals surface area contributed by atoms with E-state index in [-0.39, 0.29) is 11.9 Å². The van der Waals surface area contributed by atoms with Crippen LogP contribution in [0.4, 0.5) is 0 Å². The summed E-state index contributed by atoms with van der Waals surface area (Å²) in [6.45, 7) is 3.59. The molecule has 0 saturated carbocycles. The molecule has 2 atom stereocenters. The van der Waals surface area contributed by atoms with E-state index in [0.717, 1.165) is 4.47 Å². The van der Waals surface area contributed by atoms with E-state index in [1.807, 2.05) is 20.2 Å². The number of aryl methyl sites for hydroxylation is 1. The van der Waals surface area contributed by atoms with Gasteiger partial charge in [0.05, 0.1) is 6.10 Å². The van der Waals surface area contributed by atoms with Gasteiger partial charge in [0.1, 0.15) is 5.69 Å². The van der Waals surface area contributed by atoms with Crippen molar-refractivity contribution in [3.63, 3.8) is 0 Å². The molecule has 2 N–H and O–H groups in total. The summed E-state index contributed by atoms with van der Waals surface area (Å²) in [5.74, 6) is -0.124. The number of aliphatic hydroxyl groups is 1. The zero-order valence-corrected chi connectivity index (χ0v) is 11.3. The number of hydrogen-bond donors (Lipinski definition) is 2. The Labute approximate surface area is 104 Å². The van der Waals surface area contributed by atoms with Crippen LogP contribution in [0.5, 0.6) is 0 Å². The maximum atomic E-state index is 11.8. The summed E-state index contributed by atoms with van der Waals surface area (Å²) in [4.78, 5) is 11.8. The van der Waals surface area contributed by atoms with E-state index in [2.05, 4.69) is 21.2 Å². The van der Waals surface area contributed by atoms with Crippen LogP contribution < -0.4 is 5.32 Å². The van der Waals surface area contributed by atoms with Crippen LogP contribution in [-0.2, 0) is 7.05 Å². The topological polar surface area (TPSA) is 54.3 Å².